The van der Waals surface area contributed by atoms with Crippen molar-refractivity contribution in [2.45, 2.75) is 47.1 Å². The first kappa shape index (κ1) is 13.2. The van der Waals surface area contributed by atoms with E-state index in [1.807, 2.05) is 17.9 Å². The molecule has 0 aliphatic heterocycles. The topological polar surface area (TPSA) is 29.9 Å². The summed E-state index contributed by atoms with van der Waals surface area (Å²) in [6, 6.07) is 0. The Labute approximate surface area is 99.2 Å². The highest BCUT2D eigenvalue weighted by molar-refractivity contribution is 5.15. The maximum absolute atomic E-state index is 4.23. The van der Waals surface area contributed by atoms with E-state index in [-0.39, 0.29) is 0 Å². The van der Waals surface area contributed by atoms with E-state index in [4.69, 9.17) is 0 Å². The maximum Gasteiger partial charge on any atom is 0.0537 e. The molecule has 0 saturated carbocycles. The normalized spacial score (nSPS) is 12.1. The predicted molar refractivity (Wildman–Crippen MR) is 68.3 cm³/mol. The first-order valence-corrected chi connectivity index (χ1v) is 6.08. The summed E-state index contributed by atoms with van der Waals surface area (Å²) in [6.07, 6.45) is 4.46. The lowest BCUT2D eigenvalue weighted by molar-refractivity contribution is 0.361. The van der Waals surface area contributed by atoms with Crippen molar-refractivity contribution in [1.29, 1.82) is 0 Å². The van der Waals surface area contributed by atoms with Crippen LogP contribution in [0.3, 0.4) is 0 Å². The van der Waals surface area contributed by atoms with E-state index in [1.165, 1.54) is 24.1 Å². The molecule has 0 aliphatic carbocycles. The maximum atomic E-state index is 4.23. The summed E-state index contributed by atoms with van der Waals surface area (Å²) in [7, 11) is 1.98. The number of hydrogen-bond donors (Lipinski definition) is 1. The van der Waals surface area contributed by atoms with Gasteiger partial charge in [-0.15, -0.1) is 0 Å². The van der Waals surface area contributed by atoms with Gasteiger partial charge in [-0.2, -0.15) is 5.10 Å². The molecule has 3 nitrogen and oxygen atoms in total. The Balaban J connectivity index is 2.19. The molecule has 3 heteroatoms. The Morgan fingerprint density at radius 1 is 1.38 bits per heavy atom. The van der Waals surface area contributed by atoms with E-state index in [0.29, 0.717) is 5.41 Å². The number of nitrogens with one attached hydrogen (secondary N) is 1. The summed E-state index contributed by atoms with van der Waals surface area (Å²) < 4.78 is 1.92. The van der Waals surface area contributed by atoms with Gasteiger partial charge in [-0.05, 0) is 31.7 Å². The third-order valence-corrected chi connectivity index (χ3v) is 2.93. The minimum Gasteiger partial charge on any atom is -0.313 e. The van der Waals surface area contributed by atoms with Crippen molar-refractivity contribution in [2.75, 3.05) is 6.54 Å². The van der Waals surface area contributed by atoms with Crippen LogP contribution >= 0.6 is 0 Å². The summed E-state index contributed by atoms with van der Waals surface area (Å²) in [4.78, 5) is 0. The Kier molecular flexibility index (Phi) is 4.54. The van der Waals surface area contributed by atoms with E-state index < -0.39 is 0 Å². The fourth-order valence-electron chi connectivity index (χ4n) is 1.68. The van der Waals surface area contributed by atoms with Gasteiger partial charge in [0, 0.05) is 24.8 Å². The van der Waals surface area contributed by atoms with Crippen molar-refractivity contribution >= 4 is 0 Å². The highest BCUT2D eigenvalue weighted by Gasteiger charge is 2.09. The van der Waals surface area contributed by atoms with Gasteiger partial charge in [-0.25, -0.2) is 0 Å². The van der Waals surface area contributed by atoms with Gasteiger partial charge in [0.05, 0.1) is 6.20 Å². The lowest BCUT2D eigenvalue weighted by Gasteiger charge is -2.17. The van der Waals surface area contributed by atoms with Crippen molar-refractivity contribution in [3.05, 3.63) is 17.5 Å². The molecule has 1 N–H and O–H groups in total. The summed E-state index contributed by atoms with van der Waals surface area (Å²) in [5.41, 5.74) is 3.01. The number of aryl methyl sites for hydroxylation is 1. The predicted octanol–water partition coefficient (Wildman–Crippen LogP) is 2.64. The van der Waals surface area contributed by atoms with Crippen LogP contribution < -0.4 is 5.32 Å². The van der Waals surface area contributed by atoms with Gasteiger partial charge in [0.2, 0.25) is 0 Å². The van der Waals surface area contributed by atoms with Gasteiger partial charge in [-0.3, -0.25) is 4.68 Å². The molecular weight excluding hydrogens is 198 g/mol. The van der Waals surface area contributed by atoms with Gasteiger partial charge in [-0.1, -0.05) is 20.8 Å². The smallest absolute Gasteiger partial charge is 0.0537 e. The van der Waals surface area contributed by atoms with E-state index in [9.17, 15) is 0 Å². The molecule has 0 unspecified atom stereocenters. The van der Waals surface area contributed by atoms with Crippen molar-refractivity contribution in [3.63, 3.8) is 0 Å². The van der Waals surface area contributed by atoms with Gasteiger partial charge in [0.25, 0.3) is 0 Å². The number of rotatable bonds is 5. The molecular formula is C13H25N3. The van der Waals surface area contributed by atoms with Crippen molar-refractivity contribution in [3.8, 4) is 0 Å². The molecule has 0 saturated heterocycles. The Hall–Kier alpha value is -0.830. The summed E-state index contributed by atoms with van der Waals surface area (Å²) in [5.74, 6) is 0. The zero-order valence-electron chi connectivity index (χ0n) is 11.3. The zero-order valence-corrected chi connectivity index (χ0v) is 11.3. The van der Waals surface area contributed by atoms with Crippen LogP contribution in [0.15, 0.2) is 6.20 Å². The first-order valence-electron chi connectivity index (χ1n) is 6.08. The molecule has 1 aromatic heterocycles. The van der Waals surface area contributed by atoms with Crippen LogP contribution in [0.4, 0.5) is 0 Å². The average Bonchev–Trinajstić information content (AvgIpc) is 2.47. The third-order valence-electron chi connectivity index (χ3n) is 2.93. The molecule has 0 amide bonds. The van der Waals surface area contributed by atoms with E-state index in [1.54, 1.807) is 0 Å². The minimum atomic E-state index is 0.450. The molecule has 0 atom stereocenters. The van der Waals surface area contributed by atoms with E-state index >= 15 is 0 Å². The first-order chi connectivity index (χ1) is 7.40. The van der Waals surface area contributed by atoms with Crippen LogP contribution in [-0.2, 0) is 13.6 Å². The Morgan fingerprint density at radius 2 is 2.06 bits per heavy atom. The Bertz CT molecular complexity index is 320. The van der Waals surface area contributed by atoms with Crippen molar-refractivity contribution < 1.29 is 0 Å². The molecule has 1 heterocycles. The monoisotopic (exact) mass is 223 g/mol. The van der Waals surface area contributed by atoms with Crippen LogP contribution in [0.1, 0.15) is 44.9 Å². The second-order valence-electron chi connectivity index (χ2n) is 5.72. The molecule has 0 aliphatic rings. The quantitative estimate of drug-likeness (QED) is 0.778. The summed E-state index contributed by atoms with van der Waals surface area (Å²) >= 11 is 0. The van der Waals surface area contributed by atoms with Crippen LogP contribution in [0, 0.1) is 12.3 Å². The second-order valence-corrected chi connectivity index (χ2v) is 5.72. The molecule has 0 radical (unpaired) electrons. The molecule has 92 valence electrons. The fraction of sp³-hybridized carbons (Fsp3) is 0.769. The van der Waals surface area contributed by atoms with Crippen LogP contribution in [0.5, 0.6) is 0 Å². The second kappa shape index (κ2) is 5.48. The fourth-order valence-corrected chi connectivity index (χ4v) is 1.68. The van der Waals surface area contributed by atoms with E-state index in [2.05, 4.69) is 38.1 Å². The van der Waals surface area contributed by atoms with Crippen LogP contribution in [0.25, 0.3) is 0 Å². The van der Waals surface area contributed by atoms with Crippen molar-refractivity contribution in [2.24, 2.45) is 12.5 Å². The highest BCUT2D eigenvalue weighted by atomic mass is 15.3. The number of nitrogens with zero attached hydrogens (tertiary/aromatic N) is 2. The number of aromatic nitrogens is 2. The Morgan fingerprint density at radius 3 is 2.56 bits per heavy atom. The molecule has 1 rings (SSSR count). The standard InChI is InChI=1S/C13H25N3/c1-11-12(10-15-16(11)5)9-14-8-6-7-13(2,3)4/h10,14H,6-9H2,1-5H3. The molecule has 0 spiro atoms. The molecule has 0 aromatic carbocycles. The van der Waals surface area contributed by atoms with Crippen LogP contribution in [0.2, 0.25) is 0 Å². The van der Waals surface area contributed by atoms with Gasteiger partial charge in [0.15, 0.2) is 0 Å². The van der Waals surface area contributed by atoms with Crippen molar-refractivity contribution in [1.82, 2.24) is 15.1 Å². The number of hydrogen-bond acceptors (Lipinski definition) is 2. The highest BCUT2D eigenvalue weighted by Crippen LogP contribution is 2.19. The summed E-state index contributed by atoms with van der Waals surface area (Å²) in [6.45, 7) is 11.0. The van der Waals surface area contributed by atoms with Gasteiger partial charge in [0.1, 0.15) is 0 Å². The SMILES string of the molecule is Cc1c(CNCCCC(C)(C)C)cnn1C. The lowest BCUT2D eigenvalue weighted by Crippen LogP contribution is -2.17. The zero-order chi connectivity index (χ0) is 12.2. The summed E-state index contributed by atoms with van der Waals surface area (Å²) in [5, 5.41) is 7.71. The molecule has 16 heavy (non-hydrogen) atoms. The lowest BCUT2D eigenvalue weighted by atomic mass is 9.91. The van der Waals surface area contributed by atoms with Gasteiger partial charge < -0.3 is 5.32 Å². The van der Waals surface area contributed by atoms with Gasteiger partial charge >= 0.3 is 0 Å². The third kappa shape index (κ3) is 4.35. The molecule has 0 bridgehead atoms. The van der Waals surface area contributed by atoms with E-state index in [0.717, 1.165) is 13.1 Å². The van der Waals surface area contributed by atoms with Crippen LogP contribution in [-0.4, -0.2) is 16.3 Å². The molecule has 1 aromatic rings. The molecule has 0 fully saturated rings. The minimum absolute atomic E-state index is 0.450. The average molecular weight is 223 g/mol. The largest absolute Gasteiger partial charge is 0.313 e.